The van der Waals surface area contributed by atoms with Crippen LogP contribution in [0.2, 0.25) is 0 Å². The van der Waals surface area contributed by atoms with Crippen LogP contribution < -0.4 is 0 Å². The predicted octanol–water partition coefficient (Wildman–Crippen LogP) is 2.88. The van der Waals surface area contributed by atoms with Crippen molar-refractivity contribution < 1.29 is 4.79 Å². The summed E-state index contributed by atoms with van der Waals surface area (Å²) in [6, 6.07) is 10.7. The van der Waals surface area contributed by atoms with Gasteiger partial charge in [-0.2, -0.15) is 0 Å². The minimum absolute atomic E-state index is 0.350. The molecule has 0 radical (unpaired) electrons. The summed E-state index contributed by atoms with van der Waals surface area (Å²) in [6.45, 7) is 5.16. The van der Waals surface area contributed by atoms with Crippen LogP contribution in [0.4, 0.5) is 0 Å². The Labute approximate surface area is 127 Å². The molecule has 1 amide bonds. The fraction of sp³-hybridized carbons (Fsp3) is 0.611. The second-order valence-corrected chi connectivity index (χ2v) is 6.39. The van der Waals surface area contributed by atoms with Crippen LogP contribution in [0, 0.1) is 0 Å². The zero-order valence-corrected chi connectivity index (χ0v) is 12.8. The van der Waals surface area contributed by atoms with Gasteiger partial charge in [-0.05, 0) is 44.3 Å². The number of rotatable bonds is 4. The lowest BCUT2D eigenvalue weighted by Crippen LogP contribution is -2.40. The lowest BCUT2D eigenvalue weighted by Gasteiger charge is -2.33. The van der Waals surface area contributed by atoms with Crippen molar-refractivity contribution in [2.24, 2.45) is 0 Å². The van der Waals surface area contributed by atoms with Crippen LogP contribution in [0.3, 0.4) is 0 Å². The lowest BCUT2D eigenvalue weighted by molar-refractivity contribution is -0.132. The molecule has 2 aliphatic rings. The maximum atomic E-state index is 12.4. The average molecular weight is 286 g/mol. The van der Waals surface area contributed by atoms with Gasteiger partial charge in [-0.25, -0.2) is 0 Å². The van der Waals surface area contributed by atoms with Crippen molar-refractivity contribution in [1.29, 1.82) is 0 Å². The molecule has 0 bridgehead atoms. The van der Waals surface area contributed by atoms with Crippen molar-refractivity contribution in [3.8, 4) is 0 Å². The molecule has 1 aromatic rings. The molecule has 2 saturated heterocycles. The number of amides is 1. The van der Waals surface area contributed by atoms with E-state index in [1.54, 1.807) is 0 Å². The van der Waals surface area contributed by atoms with E-state index in [1.165, 1.54) is 37.9 Å². The third-order valence-electron chi connectivity index (χ3n) is 4.89. The molecule has 2 aliphatic heterocycles. The smallest absolute Gasteiger partial charge is 0.223 e. The Kier molecular flexibility index (Phi) is 4.91. The highest BCUT2D eigenvalue weighted by Gasteiger charge is 2.25. The van der Waals surface area contributed by atoms with Crippen molar-refractivity contribution >= 4 is 5.91 Å². The van der Waals surface area contributed by atoms with Crippen molar-refractivity contribution in [1.82, 2.24) is 9.80 Å². The second-order valence-electron chi connectivity index (χ2n) is 6.39. The summed E-state index contributed by atoms with van der Waals surface area (Å²) < 4.78 is 0. The van der Waals surface area contributed by atoms with Gasteiger partial charge in [-0.3, -0.25) is 4.79 Å². The normalized spacial score (nSPS) is 23.4. The van der Waals surface area contributed by atoms with Gasteiger partial charge >= 0.3 is 0 Å². The molecular weight excluding hydrogens is 260 g/mol. The predicted molar refractivity (Wildman–Crippen MR) is 85.3 cm³/mol. The molecule has 0 N–H and O–H groups in total. The van der Waals surface area contributed by atoms with Crippen molar-refractivity contribution in [3.63, 3.8) is 0 Å². The van der Waals surface area contributed by atoms with E-state index in [4.69, 9.17) is 0 Å². The van der Waals surface area contributed by atoms with E-state index < -0.39 is 0 Å². The van der Waals surface area contributed by atoms with Crippen LogP contribution in [0.5, 0.6) is 0 Å². The first-order valence-corrected chi connectivity index (χ1v) is 8.38. The van der Waals surface area contributed by atoms with Crippen LogP contribution >= 0.6 is 0 Å². The van der Waals surface area contributed by atoms with E-state index in [9.17, 15) is 4.79 Å². The van der Waals surface area contributed by atoms with E-state index in [1.807, 2.05) is 0 Å². The molecule has 21 heavy (non-hydrogen) atoms. The first-order chi connectivity index (χ1) is 10.3. The minimum Gasteiger partial charge on any atom is -0.342 e. The number of hydrogen-bond donors (Lipinski definition) is 0. The van der Waals surface area contributed by atoms with Crippen LogP contribution in [0.1, 0.15) is 43.6 Å². The quantitative estimate of drug-likeness (QED) is 0.849. The summed E-state index contributed by atoms with van der Waals surface area (Å²) in [7, 11) is 0. The fourth-order valence-electron chi connectivity index (χ4n) is 3.62. The van der Waals surface area contributed by atoms with Crippen LogP contribution in [0.25, 0.3) is 0 Å². The van der Waals surface area contributed by atoms with E-state index in [2.05, 4.69) is 40.1 Å². The highest BCUT2D eigenvalue weighted by Crippen LogP contribution is 2.27. The van der Waals surface area contributed by atoms with Gasteiger partial charge < -0.3 is 9.80 Å². The number of piperidine rings is 1. The highest BCUT2D eigenvalue weighted by atomic mass is 16.2. The summed E-state index contributed by atoms with van der Waals surface area (Å²) in [5.74, 6) is 0.873. The zero-order valence-electron chi connectivity index (χ0n) is 12.8. The summed E-state index contributed by atoms with van der Waals surface area (Å²) in [5, 5.41) is 0. The van der Waals surface area contributed by atoms with Gasteiger partial charge in [-0.15, -0.1) is 0 Å². The molecular formula is C18H26N2O. The number of hydrogen-bond acceptors (Lipinski definition) is 2. The average Bonchev–Trinajstić information content (AvgIpc) is 3.07. The van der Waals surface area contributed by atoms with Crippen LogP contribution in [-0.2, 0) is 4.79 Å². The van der Waals surface area contributed by atoms with Gasteiger partial charge in [0.2, 0.25) is 5.91 Å². The topological polar surface area (TPSA) is 23.6 Å². The Morgan fingerprint density at radius 3 is 2.57 bits per heavy atom. The molecule has 2 heterocycles. The molecule has 3 nitrogen and oxygen atoms in total. The molecule has 2 fully saturated rings. The van der Waals surface area contributed by atoms with E-state index >= 15 is 0 Å². The molecule has 0 aliphatic carbocycles. The third-order valence-corrected chi connectivity index (χ3v) is 4.89. The summed E-state index contributed by atoms with van der Waals surface area (Å²) in [4.78, 5) is 17.0. The second kappa shape index (κ2) is 7.08. The third kappa shape index (κ3) is 3.85. The number of nitrogens with zero attached hydrogens (tertiary/aromatic N) is 2. The molecule has 0 spiro atoms. The van der Waals surface area contributed by atoms with Crippen LogP contribution in [0.15, 0.2) is 30.3 Å². The number of carbonyl (C=O) groups excluding carboxylic acids is 1. The van der Waals surface area contributed by atoms with E-state index in [0.717, 1.165) is 26.1 Å². The largest absolute Gasteiger partial charge is 0.342 e. The Morgan fingerprint density at radius 2 is 1.81 bits per heavy atom. The Hall–Kier alpha value is -1.35. The molecule has 0 saturated carbocycles. The summed E-state index contributed by atoms with van der Waals surface area (Å²) in [5.41, 5.74) is 1.38. The Morgan fingerprint density at radius 1 is 1.05 bits per heavy atom. The molecule has 3 heteroatoms. The van der Waals surface area contributed by atoms with Gasteiger partial charge in [0.05, 0.1) is 0 Å². The van der Waals surface area contributed by atoms with E-state index in [-0.39, 0.29) is 0 Å². The molecule has 3 rings (SSSR count). The van der Waals surface area contributed by atoms with Gasteiger partial charge in [0, 0.05) is 32.0 Å². The van der Waals surface area contributed by atoms with Crippen molar-refractivity contribution in [2.45, 2.75) is 38.0 Å². The monoisotopic (exact) mass is 286 g/mol. The summed E-state index contributed by atoms with van der Waals surface area (Å²) in [6.07, 6.45) is 5.64. The van der Waals surface area contributed by atoms with Gasteiger partial charge in [0.1, 0.15) is 0 Å². The molecule has 0 aromatic heterocycles. The number of carbonyl (C=O) groups is 1. The first kappa shape index (κ1) is 14.6. The zero-order chi connectivity index (χ0) is 14.5. The van der Waals surface area contributed by atoms with Gasteiger partial charge in [0.15, 0.2) is 0 Å². The van der Waals surface area contributed by atoms with Gasteiger partial charge in [-0.1, -0.05) is 30.3 Å². The molecule has 1 unspecified atom stereocenters. The SMILES string of the molecule is O=C(CCN1CCCC1)N1CCCC(c2ccccc2)C1. The fourth-order valence-corrected chi connectivity index (χ4v) is 3.62. The molecule has 1 atom stereocenters. The maximum Gasteiger partial charge on any atom is 0.223 e. The molecule has 1 aromatic carbocycles. The lowest BCUT2D eigenvalue weighted by atomic mass is 9.90. The maximum absolute atomic E-state index is 12.4. The molecule has 114 valence electrons. The summed E-state index contributed by atoms with van der Waals surface area (Å²) >= 11 is 0. The van der Waals surface area contributed by atoms with E-state index in [0.29, 0.717) is 18.2 Å². The van der Waals surface area contributed by atoms with Crippen LogP contribution in [-0.4, -0.2) is 48.4 Å². The first-order valence-electron chi connectivity index (χ1n) is 8.38. The Balaban J connectivity index is 1.51. The van der Waals surface area contributed by atoms with Crippen molar-refractivity contribution in [2.75, 3.05) is 32.7 Å². The van der Waals surface area contributed by atoms with Gasteiger partial charge in [0.25, 0.3) is 0 Å². The number of benzene rings is 1. The number of likely N-dealkylation sites (tertiary alicyclic amines) is 2. The standard InChI is InChI=1S/C18H26N2O/c21-18(10-14-19-11-4-5-12-19)20-13-6-9-17(15-20)16-7-2-1-3-8-16/h1-3,7-8,17H,4-6,9-15H2. The Bertz CT molecular complexity index is 454. The van der Waals surface area contributed by atoms with Crippen molar-refractivity contribution in [3.05, 3.63) is 35.9 Å². The minimum atomic E-state index is 0.350. The highest BCUT2D eigenvalue weighted by molar-refractivity contribution is 5.76.